The molecule has 0 saturated heterocycles. The third-order valence-electron chi connectivity index (χ3n) is 3.60. The normalized spacial score (nSPS) is 11.3. The Balaban J connectivity index is 2.10. The zero-order valence-electron chi connectivity index (χ0n) is 13.9. The maximum atomic E-state index is 12.9. The Labute approximate surface area is 143 Å². The average Bonchev–Trinajstić information content (AvgIpc) is 2.53. The number of rotatable bonds is 5. The summed E-state index contributed by atoms with van der Waals surface area (Å²) in [6.07, 6.45) is -4.51. The molecule has 0 unspecified atom stereocenters. The summed E-state index contributed by atoms with van der Waals surface area (Å²) in [6.45, 7) is 3.33. The van der Waals surface area contributed by atoms with Crippen molar-refractivity contribution in [1.82, 2.24) is 0 Å². The van der Waals surface area contributed by atoms with Crippen LogP contribution in [0.25, 0.3) is 0 Å². The molecule has 2 aromatic rings. The first kappa shape index (κ1) is 18.8. The van der Waals surface area contributed by atoms with Crippen LogP contribution in [-0.2, 0) is 17.5 Å². The van der Waals surface area contributed by atoms with Gasteiger partial charge in [-0.3, -0.25) is 4.79 Å². The summed E-state index contributed by atoms with van der Waals surface area (Å²) in [5.41, 5.74) is 6.62. The minimum Gasteiger partial charge on any atom is -0.483 e. The van der Waals surface area contributed by atoms with Crippen molar-refractivity contribution >= 4 is 11.6 Å². The molecule has 0 aliphatic heterocycles. The van der Waals surface area contributed by atoms with Crippen LogP contribution in [0.15, 0.2) is 36.4 Å². The highest BCUT2D eigenvalue weighted by Gasteiger charge is 2.31. The molecule has 4 nitrogen and oxygen atoms in total. The highest BCUT2D eigenvalue weighted by atomic mass is 19.4. The van der Waals surface area contributed by atoms with Crippen molar-refractivity contribution in [2.45, 2.75) is 26.6 Å². The lowest BCUT2D eigenvalue weighted by Crippen LogP contribution is -2.21. The molecule has 0 spiro atoms. The van der Waals surface area contributed by atoms with E-state index in [4.69, 9.17) is 10.5 Å². The van der Waals surface area contributed by atoms with Gasteiger partial charge in [0.15, 0.2) is 6.61 Å². The molecular weight excluding hydrogens is 333 g/mol. The van der Waals surface area contributed by atoms with Gasteiger partial charge in [-0.05, 0) is 48.7 Å². The minimum absolute atomic E-state index is 0.0328. The second-order valence-corrected chi connectivity index (χ2v) is 5.68. The summed E-state index contributed by atoms with van der Waals surface area (Å²) >= 11 is 0. The van der Waals surface area contributed by atoms with Gasteiger partial charge < -0.3 is 15.8 Å². The topological polar surface area (TPSA) is 64.3 Å². The number of hydrogen-bond donors (Lipinski definition) is 2. The molecule has 0 saturated carbocycles. The van der Waals surface area contributed by atoms with Gasteiger partial charge in [-0.15, -0.1) is 0 Å². The first-order valence-electron chi connectivity index (χ1n) is 7.61. The van der Waals surface area contributed by atoms with Gasteiger partial charge in [-0.1, -0.05) is 18.2 Å². The molecule has 25 heavy (non-hydrogen) atoms. The van der Waals surface area contributed by atoms with Gasteiger partial charge in [0.05, 0.1) is 5.56 Å². The van der Waals surface area contributed by atoms with Gasteiger partial charge in [-0.2, -0.15) is 13.2 Å². The molecular formula is C18H19F3N2O2. The fraction of sp³-hybridized carbons (Fsp3) is 0.278. The van der Waals surface area contributed by atoms with Crippen molar-refractivity contribution in [3.05, 3.63) is 58.7 Å². The third kappa shape index (κ3) is 4.96. The monoisotopic (exact) mass is 352 g/mol. The molecule has 3 N–H and O–H groups in total. The zero-order chi connectivity index (χ0) is 18.6. The van der Waals surface area contributed by atoms with Crippen molar-refractivity contribution in [3.63, 3.8) is 0 Å². The van der Waals surface area contributed by atoms with E-state index in [1.807, 2.05) is 32.0 Å². The van der Waals surface area contributed by atoms with Crippen LogP contribution in [-0.4, -0.2) is 12.5 Å². The predicted molar refractivity (Wildman–Crippen MR) is 89.4 cm³/mol. The van der Waals surface area contributed by atoms with E-state index in [1.54, 1.807) is 0 Å². The van der Waals surface area contributed by atoms with E-state index >= 15 is 0 Å². The quantitative estimate of drug-likeness (QED) is 0.860. The Bertz CT molecular complexity index is 753. The second kappa shape index (κ2) is 7.57. The van der Waals surface area contributed by atoms with Crippen molar-refractivity contribution in [1.29, 1.82) is 0 Å². The van der Waals surface area contributed by atoms with Crippen molar-refractivity contribution in [2.24, 2.45) is 5.73 Å². The smallest absolute Gasteiger partial charge is 0.416 e. The predicted octanol–water partition coefficient (Wildman–Crippen LogP) is 3.80. The van der Waals surface area contributed by atoms with Gasteiger partial charge >= 0.3 is 6.18 Å². The second-order valence-electron chi connectivity index (χ2n) is 5.68. The van der Waals surface area contributed by atoms with Crippen molar-refractivity contribution in [3.8, 4) is 5.75 Å². The fourth-order valence-electron chi connectivity index (χ4n) is 2.41. The third-order valence-corrected chi connectivity index (χ3v) is 3.60. The summed E-state index contributed by atoms with van der Waals surface area (Å²) < 4.78 is 44.2. The molecule has 0 heterocycles. The van der Waals surface area contributed by atoms with Crippen molar-refractivity contribution in [2.75, 3.05) is 11.9 Å². The first-order valence-corrected chi connectivity index (χ1v) is 7.61. The number of halogens is 3. The molecule has 0 bridgehead atoms. The van der Waals surface area contributed by atoms with Crippen LogP contribution in [0.5, 0.6) is 5.75 Å². The number of carbonyl (C=O) groups is 1. The van der Waals surface area contributed by atoms with Gasteiger partial charge in [0.1, 0.15) is 5.75 Å². The summed E-state index contributed by atoms with van der Waals surface area (Å²) in [7, 11) is 0. The van der Waals surface area contributed by atoms with E-state index in [2.05, 4.69) is 5.32 Å². The Kier molecular flexibility index (Phi) is 5.69. The van der Waals surface area contributed by atoms with E-state index < -0.39 is 17.6 Å². The zero-order valence-corrected chi connectivity index (χ0v) is 13.9. The van der Waals surface area contributed by atoms with Crippen LogP contribution in [0.4, 0.5) is 18.9 Å². The summed E-state index contributed by atoms with van der Waals surface area (Å²) in [4.78, 5) is 12.0. The Morgan fingerprint density at radius 3 is 2.36 bits per heavy atom. The standard InChI is InChI=1S/C18H19F3N2O2/c1-11-4-3-5-12(2)17(11)25-10-16(24)23-15-7-13(9-22)6-14(8-15)18(19,20)21/h3-8H,9-10,22H2,1-2H3,(H,23,24). The number of ether oxygens (including phenoxy) is 1. The van der Waals surface area contributed by atoms with Gasteiger partial charge in [0, 0.05) is 12.2 Å². The molecule has 1 amide bonds. The fourth-order valence-corrected chi connectivity index (χ4v) is 2.41. The number of carbonyl (C=O) groups excluding carboxylic acids is 1. The lowest BCUT2D eigenvalue weighted by Gasteiger charge is -2.14. The van der Waals surface area contributed by atoms with E-state index in [-0.39, 0.29) is 24.4 Å². The van der Waals surface area contributed by atoms with Crippen LogP contribution >= 0.6 is 0 Å². The Morgan fingerprint density at radius 2 is 1.80 bits per heavy atom. The lowest BCUT2D eigenvalue weighted by molar-refractivity contribution is -0.137. The largest absolute Gasteiger partial charge is 0.483 e. The molecule has 134 valence electrons. The number of para-hydroxylation sites is 1. The molecule has 7 heteroatoms. The number of hydrogen-bond acceptors (Lipinski definition) is 3. The van der Waals surface area contributed by atoms with Crippen molar-refractivity contribution < 1.29 is 22.7 Å². The summed E-state index contributed by atoms with van der Waals surface area (Å²) in [6, 6.07) is 8.81. The maximum Gasteiger partial charge on any atom is 0.416 e. The molecule has 0 aliphatic rings. The highest BCUT2D eigenvalue weighted by Crippen LogP contribution is 2.32. The van der Waals surface area contributed by atoms with Gasteiger partial charge in [0.2, 0.25) is 0 Å². The van der Waals surface area contributed by atoms with Crippen LogP contribution in [0.2, 0.25) is 0 Å². The highest BCUT2D eigenvalue weighted by molar-refractivity contribution is 5.92. The number of alkyl halides is 3. The van der Waals surface area contributed by atoms with Crippen LogP contribution in [0.3, 0.4) is 0 Å². The molecule has 0 aliphatic carbocycles. The molecule has 2 aromatic carbocycles. The Morgan fingerprint density at radius 1 is 1.16 bits per heavy atom. The number of amides is 1. The number of benzene rings is 2. The number of anilines is 1. The lowest BCUT2D eigenvalue weighted by atomic mass is 10.1. The molecule has 2 rings (SSSR count). The summed E-state index contributed by atoms with van der Waals surface area (Å²) in [5.74, 6) is 0.0364. The molecule has 0 fully saturated rings. The van der Waals surface area contributed by atoms with E-state index in [9.17, 15) is 18.0 Å². The number of nitrogens with two attached hydrogens (primary N) is 1. The van der Waals surface area contributed by atoms with Crippen LogP contribution in [0, 0.1) is 13.8 Å². The molecule has 0 aromatic heterocycles. The molecule has 0 radical (unpaired) electrons. The number of aryl methyl sites for hydroxylation is 2. The van der Waals surface area contributed by atoms with Crippen LogP contribution < -0.4 is 15.8 Å². The number of nitrogens with one attached hydrogen (secondary N) is 1. The SMILES string of the molecule is Cc1cccc(C)c1OCC(=O)Nc1cc(CN)cc(C(F)(F)F)c1. The Hall–Kier alpha value is -2.54. The van der Waals surface area contributed by atoms with E-state index in [0.717, 1.165) is 23.3 Å². The first-order chi connectivity index (χ1) is 11.7. The van der Waals surface area contributed by atoms with E-state index in [1.165, 1.54) is 6.07 Å². The molecule has 0 atom stereocenters. The van der Waals surface area contributed by atoms with Gasteiger partial charge in [-0.25, -0.2) is 0 Å². The summed E-state index contributed by atoms with van der Waals surface area (Å²) in [5, 5.41) is 2.42. The average molecular weight is 352 g/mol. The van der Waals surface area contributed by atoms with Crippen LogP contribution in [0.1, 0.15) is 22.3 Å². The van der Waals surface area contributed by atoms with Gasteiger partial charge in [0.25, 0.3) is 5.91 Å². The maximum absolute atomic E-state index is 12.9. The minimum atomic E-state index is -4.51. The van der Waals surface area contributed by atoms with E-state index in [0.29, 0.717) is 5.75 Å².